The van der Waals surface area contributed by atoms with Crippen molar-refractivity contribution in [3.05, 3.63) is 24.3 Å². The monoisotopic (exact) mass is 455 g/mol. The Morgan fingerprint density at radius 3 is 2.36 bits per heavy atom. The number of aliphatic imine (C=N–C) groups is 3. The lowest BCUT2D eigenvalue weighted by molar-refractivity contribution is 0.115. The molecule has 3 N–H and O–H groups in total. The Hall–Kier alpha value is -4.02. The van der Waals surface area contributed by atoms with Crippen molar-refractivity contribution in [1.29, 1.82) is 0 Å². The fourth-order valence-electron chi connectivity index (χ4n) is 3.09. The first kappa shape index (κ1) is 23.6. The minimum Gasteiger partial charge on any atom is -0.493 e. The largest absolute Gasteiger partial charge is 0.493 e. The summed E-state index contributed by atoms with van der Waals surface area (Å²) in [5.74, 6) is 3.82. The predicted molar refractivity (Wildman–Crippen MR) is 131 cm³/mol. The van der Waals surface area contributed by atoms with Gasteiger partial charge in [0.2, 0.25) is 17.7 Å². The number of nitrogens with one attached hydrogen (secondary N) is 3. The highest BCUT2D eigenvalue weighted by molar-refractivity contribution is 6.07. The molecule has 11 heteroatoms. The summed E-state index contributed by atoms with van der Waals surface area (Å²) in [6, 6.07) is 7.10. The molecule has 3 rings (SSSR count). The smallest absolute Gasteiger partial charge is 0.229 e. The van der Waals surface area contributed by atoms with E-state index in [4.69, 9.17) is 18.9 Å². The average Bonchev–Trinajstić information content (AvgIpc) is 2.81. The minimum absolute atomic E-state index is 0.207. The van der Waals surface area contributed by atoms with E-state index >= 15 is 0 Å². The van der Waals surface area contributed by atoms with Gasteiger partial charge < -0.3 is 34.9 Å². The number of methoxy groups -OCH3 is 3. The van der Waals surface area contributed by atoms with E-state index in [2.05, 4.69) is 42.6 Å². The van der Waals surface area contributed by atoms with Crippen LogP contribution in [0, 0.1) is 0 Å². The second kappa shape index (κ2) is 10.1. The van der Waals surface area contributed by atoms with Crippen molar-refractivity contribution in [2.75, 3.05) is 50.9 Å². The lowest BCUT2D eigenvalue weighted by atomic mass is 10.1. The van der Waals surface area contributed by atoms with Crippen LogP contribution in [0.2, 0.25) is 0 Å². The topological polar surface area (TPSA) is 123 Å². The van der Waals surface area contributed by atoms with E-state index in [0.29, 0.717) is 46.9 Å². The van der Waals surface area contributed by atoms with Crippen LogP contribution < -0.4 is 34.9 Å². The number of aromatic nitrogens is 1. The molecule has 0 saturated heterocycles. The molecule has 2 aromatic rings. The molecule has 0 fully saturated rings. The average molecular weight is 456 g/mol. The second-order valence-electron chi connectivity index (χ2n) is 7.56. The molecular weight excluding hydrogens is 426 g/mol. The van der Waals surface area contributed by atoms with Crippen molar-refractivity contribution in [2.45, 2.75) is 19.4 Å². The van der Waals surface area contributed by atoms with Gasteiger partial charge in [0, 0.05) is 24.9 Å². The molecule has 0 bridgehead atoms. The Balaban J connectivity index is 1.80. The number of fused-ring (bicyclic) bond motifs is 1. The molecule has 0 aliphatic carbocycles. The first-order valence-corrected chi connectivity index (χ1v) is 10.1. The van der Waals surface area contributed by atoms with Gasteiger partial charge in [0.15, 0.2) is 23.1 Å². The first-order valence-electron chi connectivity index (χ1n) is 10.1. The third kappa shape index (κ3) is 5.62. The van der Waals surface area contributed by atoms with Crippen LogP contribution in [0.1, 0.15) is 13.8 Å². The van der Waals surface area contributed by atoms with Gasteiger partial charge in [-0.25, -0.2) is 9.98 Å². The van der Waals surface area contributed by atoms with Gasteiger partial charge >= 0.3 is 0 Å². The number of guanidine groups is 2. The van der Waals surface area contributed by atoms with E-state index in [1.807, 2.05) is 19.9 Å². The van der Waals surface area contributed by atoms with Crippen molar-refractivity contribution >= 4 is 36.0 Å². The molecule has 1 aromatic carbocycles. The molecule has 0 spiro atoms. The standard InChI is InChI=1S/C22H29N7O4/c1-22(2)12-25-19-14(33-22)8-9-17(27-19)28-21(24-4)29-20(23-3)26-13-10-15(30-5)18(32-7)16(11-13)31-6/h8-11H,3,12H2,1-2,4-7H3,(H3,24,25,26,27,28,29). The summed E-state index contributed by atoms with van der Waals surface area (Å²) in [4.78, 5) is 17.1. The van der Waals surface area contributed by atoms with Crippen LogP contribution in [0.25, 0.3) is 0 Å². The third-order valence-electron chi connectivity index (χ3n) is 4.66. The van der Waals surface area contributed by atoms with Gasteiger partial charge in [0.1, 0.15) is 11.4 Å². The third-order valence-corrected chi connectivity index (χ3v) is 4.66. The lowest BCUT2D eigenvalue weighted by Gasteiger charge is -2.32. The fourth-order valence-corrected chi connectivity index (χ4v) is 3.09. The Kier molecular flexibility index (Phi) is 7.21. The molecular formula is C22H29N7O4. The van der Waals surface area contributed by atoms with Crippen LogP contribution in [0.3, 0.4) is 0 Å². The number of anilines is 3. The summed E-state index contributed by atoms with van der Waals surface area (Å²) in [5, 5.41) is 9.42. The minimum atomic E-state index is -0.299. The highest BCUT2D eigenvalue weighted by Gasteiger charge is 2.27. The molecule has 0 saturated carbocycles. The molecule has 176 valence electrons. The van der Waals surface area contributed by atoms with E-state index in [1.54, 1.807) is 46.6 Å². The predicted octanol–water partition coefficient (Wildman–Crippen LogP) is 3.26. The number of rotatable bonds is 5. The zero-order chi connectivity index (χ0) is 24.0. The van der Waals surface area contributed by atoms with Crippen LogP contribution in [-0.2, 0) is 0 Å². The molecule has 0 radical (unpaired) electrons. The Morgan fingerprint density at radius 1 is 1.09 bits per heavy atom. The zero-order valence-corrected chi connectivity index (χ0v) is 19.6. The lowest BCUT2D eigenvalue weighted by Crippen LogP contribution is -2.40. The maximum Gasteiger partial charge on any atom is 0.229 e. The van der Waals surface area contributed by atoms with Gasteiger partial charge in [0.05, 0.1) is 27.9 Å². The summed E-state index contributed by atoms with van der Waals surface area (Å²) in [7, 11) is 6.23. The molecule has 0 atom stereocenters. The molecule has 2 heterocycles. The first-order chi connectivity index (χ1) is 15.8. The van der Waals surface area contributed by atoms with E-state index in [0.717, 1.165) is 0 Å². The number of nitrogens with zero attached hydrogens (tertiary/aromatic N) is 4. The van der Waals surface area contributed by atoms with Crippen molar-refractivity contribution < 1.29 is 18.9 Å². The van der Waals surface area contributed by atoms with Crippen molar-refractivity contribution in [3.8, 4) is 23.0 Å². The number of benzene rings is 1. The number of hydrogen-bond donors (Lipinski definition) is 3. The zero-order valence-electron chi connectivity index (χ0n) is 19.6. The maximum atomic E-state index is 5.93. The molecule has 11 nitrogen and oxygen atoms in total. The number of pyridine rings is 1. The Morgan fingerprint density at radius 2 is 1.79 bits per heavy atom. The molecule has 1 aliphatic rings. The SMILES string of the molecule is C=NC(=NC(=NC)Nc1ccc2c(n1)NCC(C)(C)O2)Nc1cc(OC)c(OC)c(OC)c1. The highest BCUT2D eigenvalue weighted by Crippen LogP contribution is 2.40. The molecule has 0 amide bonds. The summed E-state index contributed by atoms with van der Waals surface area (Å²) in [5.41, 5.74) is 0.314. The molecule has 1 aliphatic heterocycles. The van der Waals surface area contributed by atoms with Crippen LogP contribution in [0.5, 0.6) is 23.0 Å². The van der Waals surface area contributed by atoms with Crippen molar-refractivity contribution in [1.82, 2.24) is 4.98 Å². The summed E-state index contributed by atoms with van der Waals surface area (Å²) in [6.07, 6.45) is 0. The van der Waals surface area contributed by atoms with E-state index in [9.17, 15) is 0 Å². The van der Waals surface area contributed by atoms with Crippen LogP contribution in [0.15, 0.2) is 39.2 Å². The van der Waals surface area contributed by atoms with Crippen LogP contribution >= 0.6 is 0 Å². The summed E-state index contributed by atoms with van der Waals surface area (Å²) < 4.78 is 22.0. The van der Waals surface area contributed by atoms with Gasteiger partial charge in [-0.2, -0.15) is 4.99 Å². The van der Waals surface area contributed by atoms with Gasteiger partial charge in [-0.1, -0.05) is 0 Å². The Bertz CT molecular complexity index is 1060. The summed E-state index contributed by atoms with van der Waals surface area (Å²) in [6.45, 7) is 8.25. The fraction of sp³-hybridized carbons (Fsp3) is 0.364. The van der Waals surface area contributed by atoms with Gasteiger partial charge in [-0.15, -0.1) is 0 Å². The highest BCUT2D eigenvalue weighted by atomic mass is 16.5. The van der Waals surface area contributed by atoms with Gasteiger partial charge in [-0.05, 0) is 32.7 Å². The summed E-state index contributed by atoms with van der Waals surface area (Å²) >= 11 is 0. The molecule has 0 unspecified atom stereocenters. The number of ether oxygens (including phenoxy) is 4. The van der Waals surface area contributed by atoms with Crippen LogP contribution in [-0.4, -0.2) is 64.1 Å². The molecule has 1 aromatic heterocycles. The van der Waals surface area contributed by atoms with Crippen molar-refractivity contribution in [2.24, 2.45) is 15.0 Å². The number of hydrogen-bond acceptors (Lipinski definition) is 7. The van der Waals surface area contributed by atoms with Crippen molar-refractivity contribution in [3.63, 3.8) is 0 Å². The maximum absolute atomic E-state index is 5.93. The normalized spacial score (nSPS) is 14.8. The van der Waals surface area contributed by atoms with E-state index in [1.165, 1.54) is 0 Å². The van der Waals surface area contributed by atoms with E-state index < -0.39 is 0 Å². The molecule has 33 heavy (non-hydrogen) atoms. The van der Waals surface area contributed by atoms with E-state index in [-0.39, 0.29) is 17.5 Å². The van der Waals surface area contributed by atoms with Gasteiger partial charge in [0.25, 0.3) is 0 Å². The Labute approximate surface area is 193 Å². The van der Waals surface area contributed by atoms with Crippen LogP contribution in [0.4, 0.5) is 17.3 Å². The quantitative estimate of drug-likeness (QED) is 0.464. The van der Waals surface area contributed by atoms with Gasteiger partial charge in [-0.3, -0.25) is 4.99 Å². The second-order valence-corrected chi connectivity index (χ2v) is 7.56.